The second-order valence-corrected chi connectivity index (χ2v) is 5.84. The summed E-state index contributed by atoms with van der Waals surface area (Å²) in [6.07, 6.45) is 3.48. The number of rotatable bonds is 6. The Morgan fingerprint density at radius 1 is 1.53 bits per heavy atom. The lowest BCUT2D eigenvalue weighted by Crippen LogP contribution is -2.31. The molecule has 1 aliphatic carbocycles. The van der Waals surface area contributed by atoms with E-state index in [0.717, 1.165) is 23.2 Å². The average Bonchev–Trinajstić information content (AvgIpc) is 2.97. The summed E-state index contributed by atoms with van der Waals surface area (Å²) >= 11 is 7.48. The number of nitrogens with one attached hydrogen (secondary N) is 1. The van der Waals surface area contributed by atoms with Crippen molar-refractivity contribution in [2.24, 2.45) is 5.92 Å². The van der Waals surface area contributed by atoms with Gasteiger partial charge in [0.25, 0.3) is 0 Å². The summed E-state index contributed by atoms with van der Waals surface area (Å²) in [6.45, 7) is 1.15. The lowest BCUT2D eigenvalue weighted by Gasteiger charge is -2.16. The van der Waals surface area contributed by atoms with Crippen molar-refractivity contribution in [3.63, 3.8) is 0 Å². The summed E-state index contributed by atoms with van der Waals surface area (Å²) in [7, 11) is 0. The second-order valence-electron chi connectivity index (χ2n) is 4.04. The van der Waals surface area contributed by atoms with Crippen molar-refractivity contribution in [2.75, 3.05) is 6.61 Å². The van der Waals surface area contributed by atoms with Crippen LogP contribution in [0.2, 0.25) is 4.34 Å². The van der Waals surface area contributed by atoms with Crippen LogP contribution in [-0.2, 0) is 6.54 Å². The Bertz CT molecular complexity index is 311. The van der Waals surface area contributed by atoms with E-state index in [1.54, 1.807) is 11.3 Å². The van der Waals surface area contributed by atoms with Gasteiger partial charge >= 0.3 is 0 Å². The fourth-order valence-corrected chi connectivity index (χ4v) is 2.86. The van der Waals surface area contributed by atoms with Gasteiger partial charge in [-0.25, -0.2) is 0 Å². The molecule has 1 aromatic heterocycles. The van der Waals surface area contributed by atoms with Gasteiger partial charge in [-0.2, -0.15) is 0 Å². The number of hydrogen-bond donors (Lipinski definition) is 2. The van der Waals surface area contributed by atoms with Gasteiger partial charge < -0.3 is 10.4 Å². The first-order valence-corrected chi connectivity index (χ1v) is 6.57. The highest BCUT2D eigenvalue weighted by Gasteiger charge is 2.30. The van der Waals surface area contributed by atoms with Crippen LogP contribution >= 0.6 is 22.9 Å². The van der Waals surface area contributed by atoms with Crippen LogP contribution in [0.4, 0.5) is 0 Å². The number of aliphatic hydroxyl groups is 1. The molecule has 2 rings (SSSR count). The minimum atomic E-state index is 0.277. The number of halogens is 1. The summed E-state index contributed by atoms with van der Waals surface area (Å²) in [5.74, 6) is 0.785. The van der Waals surface area contributed by atoms with Crippen LogP contribution in [0.15, 0.2) is 12.1 Å². The van der Waals surface area contributed by atoms with Gasteiger partial charge in [-0.05, 0) is 37.3 Å². The van der Waals surface area contributed by atoms with Crippen LogP contribution in [-0.4, -0.2) is 17.8 Å². The molecule has 0 bridgehead atoms. The molecule has 1 fully saturated rings. The fraction of sp³-hybridized carbons (Fsp3) is 0.636. The lowest BCUT2D eigenvalue weighted by molar-refractivity contribution is 0.256. The maximum Gasteiger partial charge on any atom is 0.0931 e. The predicted octanol–water partition coefficient (Wildman–Crippen LogP) is 2.65. The summed E-state index contributed by atoms with van der Waals surface area (Å²) in [5, 5.41) is 12.5. The Kier molecular flexibility index (Phi) is 4.03. The van der Waals surface area contributed by atoms with Gasteiger partial charge in [0.05, 0.1) is 4.34 Å². The third kappa shape index (κ3) is 3.45. The van der Waals surface area contributed by atoms with Crippen LogP contribution in [0.3, 0.4) is 0 Å². The van der Waals surface area contributed by atoms with E-state index in [0.29, 0.717) is 6.04 Å². The highest BCUT2D eigenvalue weighted by atomic mass is 35.5. The van der Waals surface area contributed by atoms with Crippen molar-refractivity contribution in [2.45, 2.75) is 31.8 Å². The highest BCUT2D eigenvalue weighted by Crippen LogP contribution is 2.34. The molecule has 1 saturated carbocycles. The number of hydrogen-bond acceptors (Lipinski definition) is 3. The Labute approximate surface area is 99.3 Å². The van der Waals surface area contributed by atoms with Gasteiger partial charge in [-0.1, -0.05) is 11.6 Å². The monoisotopic (exact) mass is 245 g/mol. The maximum absolute atomic E-state index is 8.96. The zero-order chi connectivity index (χ0) is 10.7. The molecule has 15 heavy (non-hydrogen) atoms. The van der Waals surface area contributed by atoms with Crippen molar-refractivity contribution in [1.82, 2.24) is 5.32 Å². The molecule has 1 atom stereocenters. The van der Waals surface area contributed by atoms with Crippen LogP contribution in [0.5, 0.6) is 0 Å². The molecule has 84 valence electrons. The third-order valence-corrected chi connectivity index (χ3v) is 4.03. The second kappa shape index (κ2) is 5.30. The summed E-state index contributed by atoms with van der Waals surface area (Å²) in [5.41, 5.74) is 0. The van der Waals surface area contributed by atoms with E-state index in [1.807, 2.05) is 6.07 Å². The molecule has 0 amide bonds. The molecular formula is C11H16ClNOS. The van der Waals surface area contributed by atoms with Crippen LogP contribution in [0.1, 0.15) is 24.1 Å². The molecule has 4 heteroatoms. The Hall–Kier alpha value is -0.0900. The van der Waals surface area contributed by atoms with Gasteiger partial charge in [0.15, 0.2) is 0 Å². The van der Waals surface area contributed by atoms with Crippen molar-refractivity contribution < 1.29 is 5.11 Å². The number of aliphatic hydroxyl groups excluding tert-OH is 1. The van der Waals surface area contributed by atoms with E-state index in [-0.39, 0.29) is 6.61 Å². The van der Waals surface area contributed by atoms with Crippen LogP contribution < -0.4 is 5.32 Å². The van der Waals surface area contributed by atoms with E-state index in [9.17, 15) is 0 Å². The van der Waals surface area contributed by atoms with Gasteiger partial charge in [0, 0.05) is 24.1 Å². The van der Waals surface area contributed by atoms with E-state index >= 15 is 0 Å². The SMILES string of the molecule is OCCC(NCc1ccc(Cl)s1)C1CC1. The van der Waals surface area contributed by atoms with Gasteiger partial charge in [0.1, 0.15) is 0 Å². The molecule has 0 saturated heterocycles. The predicted molar refractivity (Wildman–Crippen MR) is 64.4 cm³/mol. The zero-order valence-electron chi connectivity index (χ0n) is 8.58. The minimum absolute atomic E-state index is 0.277. The summed E-state index contributed by atoms with van der Waals surface area (Å²) in [6, 6.07) is 4.47. The fourth-order valence-electron chi connectivity index (χ4n) is 1.82. The molecule has 1 aromatic rings. The molecule has 0 spiro atoms. The first-order valence-electron chi connectivity index (χ1n) is 5.38. The largest absolute Gasteiger partial charge is 0.396 e. The summed E-state index contributed by atoms with van der Waals surface area (Å²) < 4.78 is 0.844. The van der Waals surface area contributed by atoms with Crippen molar-refractivity contribution in [3.05, 3.63) is 21.3 Å². The molecule has 2 nitrogen and oxygen atoms in total. The molecule has 1 aliphatic rings. The highest BCUT2D eigenvalue weighted by molar-refractivity contribution is 7.16. The van der Waals surface area contributed by atoms with E-state index < -0.39 is 0 Å². The average molecular weight is 246 g/mol. The minimum Gasteiger partial charge on any atom is -0.396 e. The lowest BCUT2D eigenvalue weighted by atomic mass is 10.1. The van der Waals surface area contributed by atoms with Gasteiger partial charge in [-0.15, -0.1) is 11.3 Å². The van der Waals surface area contributed by atoms with Crippen molar-refractivity contribution in [1.29, 1.82) is 0 Å². The molecule has 1 unspecified atom stereocenters. The molecule has 0 aliphatic heterocycles. The number of thiophene rings is 1. The molecular weight excluding hydrogens is 230 g/mol. The molecule has 1 heterocycles. The Morgan fingerprint density at radius 2 is 2.33 bits per heavy atom. The zero-order valence-corrected chi connectivity index (χ0v) is 10.2. The molecule has 2 N–H and O–H groups in total. The smallest absolute Gasteiger partial charge is 0.0931 e. The van der Waals surface area contributed by atoms with Crippen LogP contribution in [0.25, 0.3) is 0 Å². The topological polar surface area (TPSA) is 32.3 Å². The van der Waals surface area contributed by atoms with Gasteiger partial charge in [0.2, 0.25) is 0 Å². The first kappa shape index (κ1) is 11.4. The van der Waals surface area contributed by atoms with E-state index in [1.165, 1.54) is 17.7 Å². The quantitative estimate of drug-likeness (QED) is 0.808. The Morgan fingerprint density at radius 3 is 2.87 bits per heavy atom. The van der Waals surface area contributed by atoms with E-state index in [2.05, 4.69) is 11.4 Å². The van der Waals surface area contributed by atoms with Crippen LogP contribution in [0, 0.1) is 5.92 Å². The standard InChI is InChI=1S/C11H16ClNOS/c12-11-4-3-9(15-11)7-13-10(5-6-14)8-1-2-8/h3-4,8,10,13-14H,1-2,5-7H2. The van der Waals surface area contributed by atoms with Gasteiger partial charge in [-0.3, -0.25) is 0 Å². The van der Waals surface area contributed by atoms with Crippen molar-refractivity contribution in [3.8, 4) is 0 Å². The van der Waals surface area contributed by atoms with E-state index in [4.69, 9.17) is 16.7 Å². The molecule has 0 radical (unpaired) electrons. The maximum atomic E-state index is 8.96. The summed E-state index contributed by atoms with van der Waals surface area (Å²) in [4.78, 5) is 1.27. The normalized spacial score (nSPS) is 18.0. The Balaban J connectivity index is 1.79. The third-order valence-electron chi connectivity index (χ3n) is 2.80. The van der Waals surface area contributed by atoms with Crippen molar-refractivity contribution >= 4 is 22.9 Å². The first-order chi connectivity index (χ1) is 7.29. The molecule has 0 aromatic carbocycles.